The van der Waals surface area contributed by atoms with Gasteiger partial charge in [-0.25, -0.2) is 4.98 Å². The van der Waals surface area contributed by atoms with Crippen LogP contribution in [0.1, 0.15) is 19.0 Å². The second-order valence-corrected chi connectivity index (χ2v) is 6.25. The van der Waals surface area contributed by atoms with Gasteiger partial charge in [-0.15, -0.1) is 0 Å². The Morgan fingerprint density at radius 3 is 2.36 bits per heavy atom. The lowest BCUT2D eigenvalue weighted by Crippen LogP contribution is -1.96. The summed E-state index contributed by atoms with van der Waals surface area (Å²) in [6.45, 7) is 2.16. The van der Waals surface area contributed by atoms with E-state index in [2.05, 4.69) is 84.3 Å². The van der Waals surface area contributed by atoms with E-state index in [1.165, 1.54) is 5.57 Å². The molecule has 0 spiro atoms. The fourth-order valence-corrected chi connectivity index (χ4v) is 3.10. The number of rotatable bonds is 3. The topological polar surface area (TPSA) is 17.8 Å². The van der Waals surface area contributed by atoms with Crippen LogP contribution in [0.5, 0.6) is 0 Å². The van der Waals surface area contributed by atoms with Crippen molar-refractivity contribution >= 4 is 5.57 Å². The maximum Gasteiger partial charge on any atom is 0.100 e. The van der Waals surface area contributed by atoms with Crippen LogP contribution in [0.4, 0.5) is 0 Å². The van der Waals surface area contributed by atoms with E-state index in [0.717, 1.165) is 34.6 Å². The summed E-state index contributed by atoms with van der Waals surface area (Å²) in [5.74, 6) is 0. The molecule has 25 heavy (non-hydrogen) atoms. The molecule has 2 aromatic carbocycles. The number of imidazole rings is 1. The molecule has 1 aliphatic carbocycles. The Bertz CT molecular complexity index is 958. The molecule has 0 N–H and O–H groups in total. The zero-order valence-corrected chi connectivity index (χ0v) is 14.3. The maximum absolute atomic E-state index is 4.77. The predicted molar refractivity (Wildman–Crippen MR) is 104 cm³/mol. The summed E-state index contributed by atoms with van der Waals surface area (Å²) >= 11 is 0. The molecule has 3 aromatic rings. The number of hydrogen-bond acceptors (Lipinski definition) is 1. The molecule has 1 heterocycles. The summed E-state index contributed by atoms with van der Waals surface area (Å²) in [5.41, 5.74) is 6.91. The van der Waals surface area contributed by atoms with Gasteiger partial charge in [-0.05, 0) is 25.5 Å². The van der Waals surface area contributed by atoms with Gasteiger partial charge < -0.3 is 0 Å². The molecular formula is C23H20N2. The molecule has 0 fully saturated rings. The Hall–Kier alpha value is -3.13. The molecule has 1 aliphatic rings. The van der Waals surface area contributed by atoms with Gasteiger partial charge in [0.15, 0.2) is 0 Å². The third kappa shape index (κ3) is 3.11. The summed E-state index contributed by atoms with van der Waals surface area (Å²) in [6, 6.07) is 20.8. The first-order valence-corrected chi connectivity index (χ1v) is 8.55. The molecule has 122 valence electrons. The summed E-state index contributed by atoms with van der Waals surface area (Å²) in [7, 11) is 0. The van der Waals surface area contributed by atoms with Gasteiger partial charge in [-0.1, -0.05) is 78.4 Å². The van der Waals surface area contributed by atoms with Crippen molar-refractivity contribution in [2.75, 3.05) is 0 Å². The predicted octanol–water partition coefficient (Wildman–Crippen LogP) is 5.83. The lowest BCUT2D eigenvalue weighted by atomic mass is 10.0. The van der Waals surface area contributed by atoms with Crippen molar-refractivity contribution in [2.45, 2.75) is 13.3 Å². The number of hydrogen-bond donors (Lipinski definition) is 0. The SMILES string of the molecule is CC1=CC=C(c2ncn(-c3ccccc3)c2-c2ccccc2)C=CC1. The molecule has 4 rings (SSSR count). The van der Waals surface area contributed by atoms with Crippen molar-refractivity contribution in [1.82, 2.24) is 9.55 Å². The molecule has 2 heteroatoms. The minimum absolute atomic E-state index is 0.986. The molecule has 0 atom stereocenters. The highest BCUT2D eigenvalue weighted by atomic mass is 15.1. The highest BCUT2D eigenvalue weighted by Gasteiger charge is 2.16. The largest absolute Gasteiger partial charge is 0.298 e. The quantitative estimate of drug-likeness (QED) is 0.593. The second kappa shape index (κ2) is 6.78. The molecule has 0 unspecified atom stereocenters. The van der Waals surface area contributed by atoms with Gasteiger partial charge in [0.25, 0.3) is 0 Å². The van der Waals surface area contributed by atoms with Crippen molar-refractivity contribution in [3.05, 3.63) is 103 Å². The van der Waals surface area contributed by atoms with E-state index in [0.29, 0.717) is 0 Å². The first-order valence-electron chi connectivity index (χ1n) is 8.55. The molecule has 0 amide bonds. The highest BCUT2D eigenvalue weighted by Crippen LogP contribution is 2.32. The number of nitrogens with zero attached hydrogens (tertiary/aromatic N) is 2. The van der Waals surface area contributed by atoms with E-state index >= 15 is 0 Å². The summed E-state index contributed by atoms with van der Waals surface area (Å²) < 4.78 is 2.17. The van der Waals surface area contributed by atoms with Crippen LogP contribution in [-0.4, -0.2) is 9.55 Å². The zero-order valence-electron chi connectivity index (χ0n) is 14.3. The minimum Gasteiger partial charge on any atom is -0.298 e. The van der Waals surface area contributed by atoms with Gasteiger partial charge in [0.1, 0.15) is 6.33 Å². The minimum atomic E-state index is 0.986. The molecule has 0 bridgehead atoms. The van der Waals surface area contributed by atoms with Crippen LogP contribution in [0.15, 0.2) is 96.9 Å². The highest BCUT2D eigenvalue weighted by molar-refractivity contribution is 5.84. The fourth-order valence-electron chi connectivity index (χ4n) is 3.10. The van der Waals surface area contributed by atoms with E-state index in [1.807, 2.05) is 18.5 Å². The molecule has 0 saturated carbocycles. The molecule has 0 saturated heterocycles. The number of para-hydroxylation sites is 1. The van der Waals surface area contributed by atoms with Gasteiger partial charge in [0, 0.05) is 16.8 Å². The van der Waals surface area contributed by atoms with Crippen LogP contribution < -0.4 is 0 Å². The van der Waals surface area contributed by atoms with E-state index in [4.69, 9.17) is 4.98 Å². The summed E-state index contributed by atoms with van der Waals surface area (Å²) in [4.78, 5) is 4.77. The van der Waals surface area contributed by atoms with E-state index in [9.17, 15) is 0 Å². The Balaban J connectivity index is 1.93. The Morgan fingerprint density at radius 1 is 0.880 bits per heavy atom. The lowest BCUT2D eigenvalue weighted by Gasteiger charge is -2.11. The lowest BCUT2D eigenvalue weighted by molar-refractivity contribution is 1.06. The van der Waals surface area contributed by atoms with Crippen LogP contribution in [0.3, 0.4) is 0 Å². The zero-order chi connectivity index (χ0) is 17.1. The van der Waals surface area contributed by atoms with Gasteiger partial charge in [0.2, 0.25) is 0 Å². The van der Waals surface area contributed by atoms with Crippen molar-refractivity contribution in [3.8, 4) is 16.9 Å². The number of allylic oxidation sites excluding steroid dienone is 6. The van der Waals surface area contributed by atoms with E-state index in [-0.39, 0.29) is 0 Å². The van der Waals surface area contributed by atoms with Crippen LogP contribution >= 0.6 is 0 Å². The Labute approximate surface area is 148 Å². The molecule has 2 nitrogen and oxygen atoms in total. The van der Waals surface area contributed by atoms with Crippen molar-refractivity contribution in [1.29, 1.82) is 0 Å². The van der Waals surface area contributed by atoms with Crippen molar-refractivity contribution < 1.29 is 0 Å². The molecule has 0 aliphatic heterocycles. The number of benzene rings is 2. The van der Waals surface area contributed by atoms with Crippen LogP contribution in [-0.2, 0) is 0 Å². The summed E-state index contributed by atoms with van der Waals surface area (Å²) in [6.07, 6.45) is 11.6. The standard InChI is InChI=1S/C23H20N2/c1-18-9-8-12-19(16-15-18)22-23(20-10-4-2-5-11-20)25(17-24-22)21-13-6-3-7-14-21/h2-8,10-17H,9H2,1H3. The van der Waals surface area contributed by atoms with Gasteiger partial charge in [0.05, 0.1) is 11.4 Å². The smallest absolute Gasteiger partial charge is 0.100 e. The van der Waals surface area contributed by atoms with Crippen LogP contribution in [0.25, 0.3) is 22.5 Å². The van der Waals surface area contributed by atoms with E-state index in [1.54, 1.807) is 0 Å². The third-order valence-corrected chi connectivity index (χ3v) is 4.41. The third-order valence-electron chi connectivity index (χ3n) is 4.41. The second-order valence-electron chi connectivity index (χ2n) is 6.25. The average Bonchev–Trinajstić information content (AvgIpc) is 2.99. The van der Waals surface area contributed by atoms with Crippen molar-refractivity contribution in [3.63, 3.8) is 0 Å². The monoisotopic (exact) mass is 324 g/mol. The molecule has 0 radical (unpaired) electrons. The first-order chi connectivity index (χ1) is 12.3. The van der Waals surface area contributed by atoms with E-state index < -0.39 is 0 Å². The van der Waals surface area contributed by atoms with Crippen LogP contribution in [0.2, 0.25) is 0 Å². The summed E-state index contributed by atoms with van der Waals surface area (Å²) in [5, 5.41) is 0. The van der Waals surface area contributed by atoms with Crippen LogP contribution in [0, 0.1) is 0 Å². The number of aromatic nitrogens is 2. The average molecular weight is 324 g/mol. The Morgan fingerprint density at radius 2 is 1.60 bits per heavy atom. The maximum atomic E-state index is 4.77. The van der Waals surface area contributed by atoms with Gasteiger partial charge in [-0.2, -0.15) is 0 Å². The molecule has 1 aromatic heterocycles. The van der Waals surface area contributed by atoms with Crippen molar-refractivity contribution in [2.24, 2.45) is 0 Å². The first kappa shape index (κ1) is 15.4. The van der Waals surface area contributed by atoms with Gasteiger partial charge in [-0.3, -0.25) is 4.57 Å². The Kier molecular flexibility index (Phi) is 4.17. The molecular weight excluding hydrogens is 304 g/mol. The fraction of sp³-hybridized carbons (Fsp3) is 0.0870. The van der Waals surface area contributed by atoms with Gasteiger partial charge >= 0.3 is 0 Å². The normalized spacial score (nSPS) is 14.0.